The minimum atomic E-state index is 0.0974. The van der Waals surface area contributed by atoms with Gasteiger partial charge in [0.2, 0.25) is 0 Å². The number of rotatable bonds is 1. The van der Waals surface area contributed by atoms with Crippen molar-refractivity contribution >= 4 is 6.03 Å². The largest absolute Gasteiger partial charge is 0.336 e. The van der Waals surface area contributed by atoms with Gasteiger partial charge in [0.15, 0.2) is 0 Å². The second kappa shape index (κ2) is 4.62. The van der Waals surface area contributed by atoms with Gasteiger partial charge >= 0.3 is 6.03 Å². The Morgan fingerprint density at radius 2 is 1.81 bits per heavy atom. The SMILES string of the molecule is CC(C)NC(=O)N1CC2CC(N)CC(C2)C1. The molecule has 1 saturated carbocycles. The molecule has 1 aliphatic carbocycles. The van der Waals surface area contributed by atoms with Crippen LogP contribution in [0.1, 0.15) is 33.1 Å². The molecule has 1 saturated heterocycles. The van der Waals surface area contributed by atoms with E-state index < -0.39 is 0 Å². The number of hydrogen-bond donors (Lipinski definition) is 2. The molecule has 0 radical (unpaired) electrons. The van der Waals surface area contributed by atoms with Crippen molar-refractivity contribution in [2.45, 2.75) is 45.2 Å². The maximum Gasteiger partial charge on any atom is 0.317 e. The maximum atomic E-state index is 11.9. The second-order valence-corrected chi connectivity index (χ2v) is 5.71. The number of amides is 2. The maximum absolute atomic E-state index is 11.9. The first-order chi connectivity index (χ1) is 7.54. The molecule has 92 valence electrons. The number of carbonyl (C=O) groups excluding carboxylic acids is 1. The number of fused-ring (bicyclic) bond motifs is 2. The zero-order valence-electron chi connectivity index (χ0n) is 10.3. The highest BCUT2D eigenvalue weighted by molar-refractivity contribution is 5.74. The van der Waals surface area contributed by atoms with E-state index in [4.69, 9.17) is 5.73 Å². The second-order valence-electron chi connectivity index (χ2n) is 5.71. The summed E-state index contributed by atoms with van der Waals surface area (Å²) in [5.74, 6) is 1.25. The van der Waals surface area contributed by atoms with E-state index >= 15 is 0 Å². The summed E-state index contributed by atoms with van der Waals surface area (Å²) in [6.07, 6.45) is 3.43. The Labute approximate surface area is 97.6 Å². The standard InChI is InChI=1S/C12H23N3O/c1-8(2)14-12(16)15-6-9-3-10(7-15)5-11(13)4-9/h8-11H,3-7,13H2,1-2H3,(H,14,16). The predicted molar refractivity (Wildman–Crippen MR) is 64.0 cm³/mol. The topological polar surface area (TPSA) is 58.4 Å². The van der Waals surface area contributed by atoms with E-state index in [9.17, 15) is 4.79 Å². The van der Waals surface area contributed by atoms with Gasteiger partial charge in [-0.15, -0.1) is 0 Å². The molecule has 4 heteroatoms. The summed E-state index contributed by atoms with van der Waals surface area (Å²) in [5, 5.41) is 2.97. The number of nitrogens with zero attached hydrogens (tertiary/aromatic N) is 1. The molecule has 0 aromatic carbocycles. The third-order valence-electron chi connectivity index (χ3n) is 3.60. The van der Waals surface area contributed by atoms with Crippen molar-refractivity contribution in [1.82, 2.24) is 10.2 Å². The zero-order chi connectivity index (χ0) is 11.7. The summed E-state index contributed by atoms with van der Waals surface area (Å²) in [6.45, 7) is 5.78. The lowest BCUT2D eigenvalue weighted by molar-refractivity contribution is 0.0933. The van der Waals surface area contributed by atoms with Crippen LogP contribution in [0, 0.1) is 11.8 Å². The van der Waals surface area contributed by atoms with E-state index in [1.165, 1.54) is 6.42 Å². The quantitative estimate of drug-likeness (QED) is 0.703. The average molecular weight is 225 g/mol. The highest BCUT2D eigenvalue weighted by atomic mass is 16.2. The van der Waals surface area contributed by atoms with Crippen LogP contribution in [0.4, 0.5) is 4.79 Å². The van der Waals surface area contributed by atoms with Crippen LogP contribution in [0.15, 0.2) is 0 Å². The van der Waals surface area contributed by atoms with Gasteiger partial charge < -0.3 is 16.0 Å². The van der Waals surface area contributed by atoms with Crippen LogP contribution in [0.3, 0.4) is 0 Å². The number of piperidine rings is 1. The van der Waals surface area contributed by atoms with Crippen molar-refractivity contribution in [3.8, 4) is 0 Å². The first-order valence-electron chi connectivity index (χ1n) is 6.35. The monoisotopic (exact) mass is 225 g/mol. The van der Waals surface area contributed by atoms with Gasteiger partial charge in [-0.3, -0.25) is 0 Å². The Bertz CT molecular complexity index is 249. The Balaban J connectivity index is 1.92. The minimum absolute atomic E-state index is 0.0974. The Morgan fingerprint density at radius 3 is 2.31 bits per heavy atom. The third-order valence-corrected chi connectivity index (χ3v) is 3.60. The van der Waals surface area contributed by atoms with E-state index in [0.717, 1.165) is 25.9 Å². The van der Waals surface area contributed by atoms with E-state index in [0.29, 0.717) is 17.9 Å². The van der Waals surface area contributed by atoms with Crippen molar-refractivity contribution < 1.29 is 4.79 Å². The van der Waals surface area contributed by atoms with Crippen LogP contribution in [-0.4, -0.2) is 36.1 Å². The lowest BCUT2D eigenvalue weighted by Crippen LogP contribution is -2.53. The van der Waals surface area contributed by atoms with E-state index in [-0.39, 0.29) is 12.1 Å². The summed E-state index contributed by atoms with van der Waals surface area (Å²) in [7, 11) is 0. The van der Waals surface area contributed by atoms with Gasteiger partial charge in [0, 0.05) is 25.2 Å². The van der Waals surface area contributed by atoms with Crippen molar-refractivity contribution in [3.05, 3.63) is 0 Å². The van der Waals surface area contributed by atoms with Gasteiger partial charge in [0.05, 0.1) is 0 Å². The van der Waals surface area contributed by atoms with Crippen molar-refractivity contribution in [2.75, 3.05) is 13.1 Å². The van der Waals surface area contributed by atoms with Gasteiger partial charge in [0.1, 0.15) is 0 Å². The fourth-order valence-electron chi connectivity index (χ4n) is 3.12. The average Bonchev–Trinajstić information content (AvgIpc) is 2.14. The molecule has 2 fully saturated rings. The predicted octanol–water partition coefficient (Wildman–Crippen LogP) is 1.16. The summed E-state index contributed by atoms with van der Waals surface area (Å²) in [4.78, 5) is 13.9. The Morgan fingerprint density at radius 1 is 1.25 bits per heavy atom. The molecular formula is C12H23N3O. The summed E-state index contributed by atoms with van der Waals surface area (Å²) < 4.78 is 0. The van der Waals surface area contributed by atoms with E-state index in [1.807, 2.05) is 18.7 Å². The number of urea groups is 1. The first kappa shape index (κ1) is 11.7. The molecule has 2 atom stereocenters. The lowest BCUT2D eigenvalue weighted by Gasteiger charge is -2.43. The third kappa shape index (κ3) is 2.67. The number of nitrogens with two attached hydrogens (primary N) is 1. The molecule has 4 nitrogen and oxygen atoms in total. The summed E-state index contributed by atoms with van der Waals surface area (Å²) in [5.41, 5.74) is 6.01. The van der Waals surface area contributed by atoms with Crippen LogP contribution in [0.2, 0.25) is 0 Å². The number of likely N-dealkylation sites (tertiary alicyclic amines) is 1. The van der Waals surface area contributed by atoms with E-state index in [2.05, 4.69) is 5.32 Å². The summed E-state index contributed by atoms with van der Waals surface area (Å²) in [6, 6.07) is 0.677. The first-order valence-corrected chi connectivity index (χ1v) is 6.35. The van der Waals surface area contributed by atoms with Gasteiger partial charge in [-0.2, -0.15) is 0 Å². The molecule has 0 spiro atoms. The van der Waals surface area contributed by atoms with Crippen LogP contribution < -0.4 is 11.1 Å². The number of nitrogens with one attached hydrogen (secondary N) is 1. The molecule has 2 rings (SSSR count). The number of carbonyl (C=O) groups is 1. The molecule has 1 aliphatic heterocycles. The van der Waals surface area contributed by atoms with Crippen molar-refractivity contribution in [1.29, 1.82) is 0 Å². The fraction of sp³-hybridized carbons (Fsp3) is 0.917. The Hall–Kier alpha value is -0.770. The van der Waals surface area contributed by atoms with Crippen LogP contribution >= 0.6 is 0 Å². The molecular weight excluding hydrogens is 202 g/mol. The van der Waals surface area contributed by atoms with Gasteiger partial charge in [-0.1, -0.05) is 0 Å². The molecule has 0 aromatic heterocycles. The number of hydrogen-bond acceptors (Lipinski definition) is 2. The van der Waals surface area contributed by atoms with Gasteiger partial charge in [-0.25, -0.2) is 4.79 Å². The molecule has 2 bridgehead atoms. The van der Waals surface area contributed by atoms with Crippen molar-refractivity contribution in [2.24, 2.45) is 17.6 Å². The molecule has 2 aliphatic rings. The Kier molecular flexibility index (Phi) is 3.38. The molecule has 0 aromatic rings. The molecule has 2 unspecified atom stereocenters. The molecule has 1 heterocycles. The lowest BCUT2D eigenvalue weighted by atomic mass is 9.76. The highest BCUT2D eigenvalue weighted by Gasteiger charge is 2.35. The molecule has 16 heavy (non-hydrogen) atoms. The smallest absolute Gasteiger partial charge is 0.317 e. The fourth-order valence-corrected chi connectivity index (χ4v) is 3.12. The molecule has 3 N–H and O–H groups in total. The minimum Gasteiger partial charge on any atom is -0.336 e. The van der Waals surface area contributed by atoms with Crippen LogP contribution in [-0.2, 0) is 0 Å². The molecule has 2 amide bonds. The normalized spacial score (nSPS) is 34.0. The van der Waals surface area contributed by atoms with Crippen molar-refractivity contribution in [3.63, 3.8) is 0 Å². The zero-order valence-corrected chi connectivity index (χ0v) is 10.3. The summed E-state index contributed by atoms with van der Waals surface area (Å²) >= 11 is 0. The van der Waals surface area contributed by atoms with Crippen LogP contribution in [0.5, 0.6) is 0 Å². The van der Waals surface area contributed by atoms with Gasteiger partial charge in [0.25, 0.3) is 0 Å². The van der Waals surface area contributed by atoms with Gasteiger partial charge in [-0.05, 0) is 44.9 Å². The van der Waals surface area contributed by atoms with E-state index in [1.54, 1.807) is 0 Å². The van der Waals surface area contributed by atoms with Crippen LogP contribution in [0.25, 0.3) is 0 Å². The highest BCUT2D eigenvalue weighted by Crippen LogP contribution is 2.33.